The van der Waals surface area contributed by atoms with Crippen molar-refractivity contribution in [3.05, 3.63) is 58.7 Å². The first kappa shape index (κ1) is 36.0. The Balaban J connectivity index is 1.42. The predicted octanol–water partition coefficient (Wildman–Crippen LogP) is 0.153. The predicted molar refractivity (Wildman–Crippen MR) is 164 cm³/mol. The van der Waals surface area contributed by atoms with E-state index >= 15 is 0 Å². The number of hydrogen-bond acceptors (Lipinski definition) is 14. The van der Waals surface area contributed by atoms with E-state index in [1.54, 1.807) is 0 Å². The van der Waals surface area contributed by atoms with Gasteiger partial charge in [-0.25, -0.2) is 8.42 Å². The Morgan fingerprint density at radius 2 is 0.979 bits per heavy atom. The van der Waals surface area contributed by atoms with Crippen molar-refractivity contribution in [1.29, 1.82) is 0 Å². The van der Waals surface area contributed by atoms with Crippen molar-refractivity contribution in [2.45, 2.75) is 9.79 Å². The van der Waals surface area contributed by atoms with Crippen LogP contribution in [0.1, 0.15) is 41.4 Å². The van der Waals surface area contributed by atoms with Crippen LogP contribution in [0.5, 0.6) is 0 Å². The molecule has 14 nitrogen and oxygen atoms in total. The molecule has 0 saturated carbocycles. The monoisotopic (exact) mass is 672 g/mol. The third kappa shape index (κ3) is 8.01. The van der Waals surface area contributed by atoms with Crippen LogP contribution in [0.4, 0.5) is 0 Å². The summed E-state index contributed by atoms with van der Waals surface area (Å²) in [5, 5.41) is 5.64. The fourth-order valence-electron chi connectivity index (χ4n) is 5.20. The van der Waals surface area contributed by atoms with E-state index < -0.39 is 56.4 Å². The molecule has 4 rings (SSSR count). The highest BCUT2D eigenvalue weighted by atomic mass is 32.2. The number of sulfone groups is 1. The van der Waals surface area contributed by atoms with Gasteiger partial charge in [0.05, 0.1) is 62.5 Å². The van der Waals surface area contributed by atoms with Crippen LogP contribution in [0.2, 0.25) is 0 Å². The lowest BCUT2D eigenvalue weighted by Crippen LogP contribution is -2.35. The third-order valence-electron chi connectivity index (χ3n) is 7.67. The topological polar surface area (TPSA) is 198 Å². The highest BCUT2D eigenvalue weighted by Crippen LogP contribution is 2.34. The molecular formula is C32H36N2O12S. The lowest BCUT2D eigenvalue weighted by molar-refractivity contribution is -0.120. The normalized spacial score (nSPS) is 17.3. The lowest BCUT2D eigenvalue weighted by atomic mass is 9.98. The Labute approximate surface area is 271 Å². The van der Waals surface area contributed by atoms with Gasteiger partial charge >= 0.3 is 0 Å². The number of nitrogens with one attached hydrogen (secondary N) is 2. The largest absolute Gasteiger partial charge is 0.382 e. The molecule has 0 spiro atoms. The molecule has 2 aromatic rings. The van der Waals surface area contributed by atoms with E-state index in [1.165, 1.54) is 26.4 Å². The van der Waals surface area contributed by atoms with E-state index in [1.807, 2.05) is 0 Å². The second-order valence-electron chi connectivity index (χ2n) is 10.7. The summed E-state index contributed by atoms with van der Waals surface area (Å²) in [7, 11) is -1.29. The minimum atomic E-state index is -4.36. The highest BCUT2D eigenvalue weighted by molar-refractivity contribution is 7.91. The minimum absolute atomic E-state index is 0.0681. The van der Waals surface area contributed by atoms with Crippen molar-refractivity contribution >= 4 is 44.5 Å². The number of carbonyl (C=O) groups is 6. The highest BCUT2D eigenvalue weighted by Gasteiger charge is 2.45. The van der Waals surface area contributed by atoms with Gasteiger partial charge in [-0.15, -0.1) is 0 Å². The molecule has 2 atom stereocenters. The molecule has 2 unspecified atom stereocenters. The maximum absolute atomic E-state index is 13.6. The van der Waals surface area contributed by atoms with Crippen molar-refractivity contribution in [3.63, 3.8) is 0 Å². The van der Waals surface area contributed by atoms with E-state index in [0.717, 1.165) is 24.3 Å². The number of ketones is 6. The van der Waals surface area contributed by atoms with Crippen LogP contribution < -0.4 is 10.6 Å². The Morgan fingerprint density at radius 1 is 0.596 bits per heavy atom. The van der Waals surface area contributed by atoms with Gasteiger partial charge in [0, 0.05) is 49.6 Å². The van der Waals surface area contributed by atoms with Crippen LogP contribution in [-0.4, -0.2) is 123 Å². The number of Topliss-reactive ketones (excluding diaryl/α,β-unsaturated/α-hetero) is 6. The second kappa shape index (κ2) is 16.3. The van der Waals surface area contributed by atoms with E-state index in [9.17, 15) is 37.2 Å². The van der Waals surface area contributed by atoms with Crippen molar-refractivity contribution < 1.29 is 56.1 Å². The zero-order chi connectivity index (χ0) is 34.1. The zero-order valence-corrected chi connectivity index (χ0v) is 26.8. The Hall–Kier alpha value is -3.83. The summed E-state index contributed by atoms with van der Waals surface area (Å²) in [6.07, 6.45) is 0. The molecule has 15 heteroatoms. The smallest absolute Gasteiger partial charge is 0.206 e. The average molecular weight is 673 g/mol. The minimum Gasteiger partial charge on any atom is -0.382 e. The van der Waals surface area contributed by atoms with Gasteiger partial charge in [0.15, 0.2) is 34.7 Å². The van der Waals surface area contributed by atoms with Gasteiger partial charge in [0.25, 0.3) is 0 Å². The van der Waals surface area contributed by atoms with Crippen LogP contribution in [0, 0.1) is 11.8 Å². The molecule has 252 valence electrons. The number of rotatable bonds is 20. The van der Waals surface area contributed by atoms with Crippen LogP contribution in [0.15, 0.2) is 46.2 Å². The molecule has 0 bridgehead atoms. The first-order chi connectivity index (χ1) is 22.5. The number of methoxy groups -OCH3 is 2. The molecule has 2 aliphatic carbocycles. The van der Waals surface area contributed by atoms with Crippen molar-refractivity contribution in [2.24, 2.45) is 11.8 Å². The summed E-state index contributed by atoms with van der Waals surface area (Å²) in [5.41, 5.74) is -0.540. The van der Waals surface area contributed by atoms with Gasteiger partial charge in [0.2, 0.25) is 9.84 Å². The molecule has 0 radical (unpaired) electrons. The van der Waals surface area contributed by atoms with Crippen LogP contribution in [0.3, 0.4) is 0 Å². The summed E-state index contributed by atoms with van der Waals surface area (Å²) in [6, 6.07) is 6.70. The average Bonchev–Trinajstić information content (AvgIpc) is 3.46. The summed E-state index contributed by atoms with van der Waals surface area (Å²) in [5.74, 6) is -7.57. The number of fused-ring (bicyclic) bond motifs is 2. The molecule has 0 aromatic heterocycles. The Morgan fingerprint density at radius 3 is 1.36 bits per heavy atom. The fraction of sp³-hybridized carbons (Fsp3) is 0.438. The van der Waals surface area contributed by atoms with Gasteiger partial charge in [-0.3, -0.25) is 28.8 Å². The van der Waals surface area contributed by atoms with Gasteiger partial charge in [-0.05, 0) is 36.4 Å². The summed E-state index contributed by atoms with van der Waals surface area (Å²) in [4.78, 5) is 76.9. The van der Waals surface area contributed by atoms with Gasteiger partial charge in [0.1, 0.15) is 11.8 Å². The number of benzene rings is 2. The lowest BCUT2D eigenvalue weighted by Gasteiger charge is -2.08. The van der Waals surface area contributed by atoms with E-state index in [0.29, 0.717) is 39.5 Å². The maximum atomic E-state index is 13.6. The molecule has 0 amide bonds. The molecule has 0 heterocycles. The zero-order valence-electron chi connectivity index (χ0n) is 26.0. The summed E-state index contributed by atoms with van der Waals surface area (Å²) >= 11 is 0. The molecule has 2 aromatic carbocycles. The number of ether oxygens (including phenoxy) is 4. The van der Waals surface area contributed by atoms with E-state index in [2.05, 4.69) is 10.6 Å². The van der Waals surface area contributed by atoms with E-state index in [-0.39, 0.29) is 58.3 Å². The van der Waals surface area contributed by atoms with Crippen molar-refractivity contribution in [3.8, 4) is 0 Å². The van der Waals surface area contributed by atoms with Crippen LogP contribution >= 0.6 is 0 Å². The molecular weight excluding hydrogens is 636 g/mol. The van der Waals surface area contributed by atoms with Crippen molar-refractivity contribution in [2.75, 3.05) is 80.0 Å². The SMILES string of the molecule is COCCOCCNCC(=O)C1C(=O)c2ccc(S(=O)(=O)c3ccc4c(c3)C(=O)C(C(=O)CNCCOCCOC)C4=O)cc2C1=O. The van der Waals surface area contributed by atoms with Crippen LogP contribution in [0.25, 0.3) is 0 Å². The van der Waals surface area contributed by atoms with Gasteiger partial charge in [-0.2, -0.15) is 0 Å². The first-order valence-corrected chi connectivity index (χ1v) is 16.3. The first-order valence-electron chi connectivity index (χ1n) is 14.8. The van der Waals surface area contributed by atoms with Crippen LogP contribution in [-0.2, 0) is 38.4 Å². The fourth-order valence-corrected chi connectivity index (χ4v) is 6.52. The molecule has 47 heavy (non-hydrogen) atoms. The molecule has 0 aliphatic heterocycles. The standard InChI is InChI=1S/C32H36N2O12S/c1-43-11-13-45-9-7-33-17-25(35)27-29(37)21-5-3-19(15-23(21)31(27)39)47(41,42)20-4-6-22-24(16-20)32(40)28(30(22)38)26(36)18-34-8-10-46-14-12-44-2/h3-6,15-16,27-28,33-34H,7-14,17-18H2,1-2H3. The Bertz CT molecular complexity index is 1550. The molecule has 2 aliphatic rings. The maximum Gasteiger partial charge on any atom is 0.206 e. The molecule has 2 N–H and O–H groups in total. The Kier molecular flexibility index (Phi) is 12.5. The summed E-state index contributed by atoms with van der Waals surface area (Å²) in [6.45, 7) is 2.21. The van der Waals surface area contributed by atoms with E-state index in [4.69, 9.17) is 18.9 Å². The third-order valence-corrected chi connectivity index (χ3v) is 9.41. The number of carbonyl (C=O) groups excluding carboxylic acids is 6. The molecule has 0 saturated heterocycles. The summed E-state index contributed by atoms with van der Waals surface area (Å²) < 4.78 is 47.5. The van der Waals surface area contributed by atoms with Crippen molar-refractivity contribution in [1.82, 2.24) is 10.6 Å². The van der Waals surface area contributed by atoms with Gasteiger partial charge in [-0.1, -0.05) is 0 Å². The van der Waals surface area contributed by atoms with Gasteiger partial charge < -0.3 is 29.6 Å². The molecule has 0 fully saturated rings. The second-order valence-corrected chi connectivity index (χ2v) is 12.7. The number of hydrogen-bond donors (Lipinski definition) is 2. The quantitative estimate of drug-likeness (QED) is 0.142.